The third-order valence-electron chi connectivity index (χ3n) is 3.91. The second kappa shape index (κ2) is 9.32. The summed E-state index contributed by atoms with van der Waals surface area (Å²) in [6.45, 7) is 9.54. The molecule has 25 heavy (non-hydrogen) atoms. The number of carbonyl (C=O) groups is 3. The number of hydroxylamine groups is 2. The standard InChI is InChI=1S/C19H28N2O4/c1-7-21(6)25-18(24)11-16(20-15(5)22)10-17(23)19-13(3)8-12(2)9-14(19)4/h8-9,16H,7,10-11H2,1-6H3,(H,20,22). The van der Waals surface area contributed by atoms with Gasteiger partial charge in [0.25, 0.3) is 0 Å². The molecule has 0 saturated carbocycles. The molecule has 0 saturated heterocycles. The molecule has 6 nitrogen and oxygen atoms in total. The van der Waals surface area contributed by atoms with E-state index in [1.807, 2.05) is 39.8 Å². The molecule has 1 rings (SSSR count). The molecule has 0 aliphatic carbocycles. The lowest BCUT2D eigenvalue weighted by Gasteiger charge is -2.20. The van der Waals surface area contributed by atoms with Gasteiger partial charge in [-0.3, -0.25) is 14.4 Å². The number of amides is 1. The molecule has 0 aromatic heterocycles. The van der Waals surface area contributed by atoms with Crippen molar-refractivity contribution in [3.05, 3.63) is 34.4 Å². The summed E-state index contributed by atoms with van der Waals surface area (Å²) in [5, 5.41) is 4.08. The number of Topliss-reactive ketones (excluding diaryl/α,β-unsaturated/α-hetero) is 1. The number of nitrogens with one attached hydrogen (secondary N) is 1. The van der Waals surface area contributed by atoms with Crippen LogP contribution >= 0.6 is 0 Å². The second-order valence-corrected chi connectivity index (χ2v) is 6.41. The number of rotatable bonds is 8. The van der Waals surface area contributed by atoms with E-state index >= 15 is 0 Å². The highest BCUT2D eigenvalue weighted by atomic mass is 16.7. The lowest BCUT2D eigenvalue weighted by Crippen LogP contribution is -2.38. The van der Waals surface area contributed by atoms with Gasteiger partial charge in [0.1, 0.15) is 0 Å². The van der Waals surface area contributed by atoms with Crippen molar-refractivity contribution in [2.24, 2.45) is 0 Å². The first kappa shape index (κ1) is 20.8. The molecule has 0 bridgehead atoms. The average molecular weight is 348 g/mol. The molecule has 0 radical (unpaired) electrons. The zero-order chi connectivity index (χ0) is 19.1. The summed E-state index contributed by atoms with van der Waals surface area (Å²) in [6, 6.07) is 3.32. The van der Waals surface area contributed by atoms with Crippen molar-refractivity contribution in [2.45, 2.75) is 53.5 Å². The zero-order valence-corrected chi connectivity index (χ0v) is 15.9. The van der Waals surface area contributed by atoms with E-state index < -0.39 is 12.0 Å². The van der Waals surface area contributed by atoms with E-state index in [0.29, 0.717) is 12.1 Å². The smallest absolute Gasteiger partial charge is 0.327 e. The van der Waals surface area contributed by atoms with Crippen molar-refractivity contribution in [1.82, 2.24) is 10.4 Å². The Bertz CT molecular complexity index is 632. The number of nitrogens with zero attached hydrogens (tertiary/aromatic N) is 1. The minimum atomic E-state index is -0.595. The van der Waals surface area contributed by atoms with E-state index in [-0.39, 0.29) is 24.5 Å². The maximum Gasteiger partial charge on any atom is 0.327 e. The Morgan fingerprint density at radius 3 is 2.16 bits per heavy atom. The van der Waals surface area contributed by atoms with E-state index in [0.717, 1.165) is 16.7 Å². The molecule has 0 aliphatic heterocycles. The van der Waals surface area contributed by atoms with E-state index in [1.165, 1.54) is 12.0 Å². The number of hydrogen-bond acceptors (Lipinski definition) is 5. The van der Waals surface area contributed by atoms with Crippen molar-refractivity contribution in [2.75, 3.05) is 13.6 Å². The van der Waals surface area contributed by atoms with Gasteiger partial charge in [-0.25, -0.2) is 0 Å². The van der Waals surface area contributed by atoms with Crippen molar-refractivity contribution in [3.63, 3.8) is 0 Å². The molecule has 138 valence electrons. The number of hydrogen-bond donors (Lipinski definition) is 1. The highest BCUT2D eigenvalue weighted by molar-refractivity contribution is 5.99. The van der Waals surface area contributed by atoms with Crippen LogP contribution < -0.4 is 5.32 Å². The van der Waals surface area contributed by atoms with Gasteiger partial charge >= 0.3 is 5.97 Å². The van der Waals surface area contributed by atoms with Crippen molar-refractivity contribution in [3.8, 4) is 0 Å². The van der Waals surface area contributed by atoms with Crippen molar-refractivity contribution in [1.29, 1.82) is 0 Å². The van der Waals surface area contributed by atoms with Crippen LogP contribution in [0.1, 0.15) is 53.7 Å². The molecule has 1 aromatic rings. The maximum absolute atomic E-state index is 12.7. The largest absolute Gasteiger partial charge is 0.368 e. The predicted octanol–water partition coefficient (Wildman–Crippen LogP) is 2.49. The summed E-state index contributed by atoms with van der Waals surface area (Å²) in [4.78, 5) is 41.2. The fraction of sp³-hybridized carbons (Fsp3) is 0.526. The molecular weight excluding hydrogens is 320 g/mol. The first-order valence-electron chi connectivity index (χ1n) is 8.44. The normalized spacial score (nSPS) is 12.0. The Hall–Kier alpha value is -2.21. The summed E-state index contributed by atoms with van der Waals surface area (Å²) < 4.78 is 0. The maximum atomic E-state index is 12.7. The Balaban J connectivity index is 2.89. The molecule has 1 unspecified atom stereocenters. The highest BCUT2D eigenvalue weighted by Gasteiger charge is 2.23. The molecule has 0 aliphatic rings. The van der Waals surface area contributed by atoms with E-state index in [4.69, 9.17) is 4.84 Å². The van der Waals surface area contributed by atoms with Crippen molar-refractivity contribution < 1.29 is 19.2 Å². The molecule has 1 amide bonds. The van der Waals surface area contributed by atoms with Crippen LogP contribution in [0.2, 0.25) is 0 Å². The fourth-order valence-corrected chi connectivity index (χ4v) is 2.88. The molecule has 6 heteroatoms. The monoisotopic (exact) mass is 348 g/mol. The van der Waals surface area contributed by atoms with Crippen LogP contribution in [0.3, 0.4) is 0 Å². The Labute approximate surface area is 149 Å². The van der Waals surface area contributed by atoms with Crippen LogP contribution in [0, 0.1) is 20.8 Å². The third kappa shape index (κ3) is 6.66. The molecule has 1 atom stereocenters. The zero-order valence-electron chi connectivity index (χ0n) is 15.9. The topological polar surface area (TPSA) is 75.7 Å². The Morgan fingerprint density at radius 1 is 1.12 bits per heavy atom. The summed E-state index contributed by atoms with van der Waals surface area (Å²) in [6.07, 6.45) is -0.00508. The fourth-order valence-electron chi connectivity index (χ4n) is 2.88. The summed E-state index contributed by atoms with van der Waals surface area (Å²) >= 11 is 0. The van der Waals surface area contributed by atoms with Gasteiger partial charge in [0, 0.05) is 38.5 Å². The van der Waals surface area contributed by atoms with Gasteiger partial charge in [-0.2, -0.15) is 0 Å². The molecule has 0 heterocycles. The van der Waals surface area contributed by atoms with Gasteiger partial charge in [0.15, 0.2) is 5.78 Å². The number of ketones is 1. The average Bonchev–Trinajstić information content (AvgIpc) is 2.44. The van der Waals surface area contributed by atoms with Crippen molar-refractivity contribution >= 4 is 17.7 Å². The number of benzene rings is 1. The van der Waals surface area contributed by atoms with Crippen LogP contribution in [-0.4, -0.2) is 42.4 Å². The molecule has 0 fully saturated rings. The summed E-state index contributed by atoms with van der Waals surface area (Å²) in [7, 11) is 1.65. The SMILES string of the molecule is CCN(C)OC(=O)CC(CC(=O)c1c(C)cc(C)cc1C)NC(C)=O. The lowest BCUT2D eigenvalue weighted by atomic mass is 9.93. The minimum Gasteiger partial charge on any atom is -0.368 e. The Kier molecular flexibility index (Phi) is 7.77. The van der Waals surface area contributed by atoms with Crippen LogP contribution in [0.5, 0.6) is 0 Å². The predicted molar refractivity (Wildman–Crippen MR) is 96.2 cm³/mol. The van der Waals surface area contributed by atoms with Gasteiger partial charge < -0.3 is 10.2 Å². The Morgan fingerprint density at radius 2 is 1.68 bits per heavy atom. The second-order valence-electron chi connectivity index (χ2n) is 6.41. The van der Waals surface area contributed by atoms with Gasteiger partial charge in [0.05, 0.1) is 6.42 Å². The van der Waals surface area contributed by atoms with Gasteiger partial charge in [0.2, 0.25) is 5.91 Å². The summed E-state index contributed by atoms with van der Waals surface area (Å²) in [5.74, 6) is -0.856. The van der Waals surface area contributed by atoms with Crippen LogP contribution in [0.25, 0.3) is 0 Å². The first-order valence-corrected chi connectivity index (χ1v) is 8.44. The molecule has 0 spiro atoms. The van der Waals surface area contributed by atoms with Gasteiger partial charge in [-0.05, 0) is 38.8 Å². The van der Waals surface area contributed by atoms with E-state index in [9.17, 15) is 14.4 Å². The minimum absolute atomic E-state index is 0.0509. The third-order valence-corrected chi connectivity index (χ3v) is 3.91. The van der Waals surface area contributed by atoms with Crippen LogP contribution in [0.15, 0.2) is 12.1 Å². The molecule has 1 aromatic carbocycles. The van der Waals surface area contributed by atoms with Crippen LogP contribution in [-0.2, 0) is 14.4 Å². The number of aryl methyl sites for hydroxylation is 3. The van der Waals surface area contributed by atoms with Gasteiger partial charge in [-0.15, -0.1) is 5.06 Å². The summed E-state index contributed by atoms with van der Waals surface area (Å²) in [5.41, 5.74) is 3.55. The quantitative estimate of drug-likeness (QED) is 0.577. The lowest BCUT2D eigenvalue weighted by molar-refractivity contribution is -0.183. The van der Waals surface area contributed by atoms with Crippen LogP contribution in [0.4, 0.5) is 0 Å². The number of carbonyl (C=O) groups excluding carboxylic acids is 3. The molecule has 1 N–H and O–H groups in total. The van der Waals surface area contributed by atoms with E-state index in [2.05, 4.69) is 5.32 Å². The highest BCUT2D eigenvalue weighted by Crippen LogP contribution is 2.19. The van der Waals surface area contributed by atoms with Gasteiger partial charge in [-0.1, -0.05) is 17.7 Å². The van der Waals surface area contributed by atoms with E-state index in [1.54, 1.807) is 7.05 Å². The molecular formula is C19H28N2O4. The first-order chi connectivity index (χ1) is 11.6.